The molecule has 1 heteroatoms. The number of rotatable bonds is 6. The Bertz CT molecular complexity index is 81.4. The predicted molar refractivity (Wildman–Crippen MR) is 48.6 cm³/mol. The first-order valence-corrected chi connectivity index (χ1v) is 4.75. The summed E-state index contributed by atoms with van der Waals surface area (Å²) in [5.41, 5.74) is -0.952. The molecular formula is C10H21F. The lowest BCUT2D eigenvalue weighted by Gasteiger charge is -2.12. The van der Waals surface area contributed by atoms with Gasteiger partial charge in [-0.05, 0) is 20.3 Å². The van der Waals surface area contributed by atoms with E-state index in [9.17, 15) is 4.39 Å². The van der Waals surface area contributed by atoms with Crippen LogP contribution in [-0.4, -0.2) is 5.67 Å². The van der Waals surface area contributed by atoms with Crippen molar-refractivity contribution in [1.29, 1.82) is 0 Å². The van der Waals surface area contributed by atoms with Crippen molar-refractivity contribution in [2.24, 2.45) is 0 Å². The molecular weight excluding hydrogens is 139 g/mol. The minimum atomic E-state index is -0.952. The van der Waals surface area contributed by atoms with Crippen molar-refractivity contribution in [2.75, 3.05) is 0 Å². The molecule has 0 unspecified atom stereocenters. The molecule has 0 saturated heterocycles. The van der Waals surface area contributed by atoms with Gasteiger partial charge in [0.1, 0.15) is 5.67 Å². The van der Waals surface area contributed by atoms with Crippen LogP contribution in [0.25, 0.3) is 0 Å². The van der Waals surface area contributed by atoms with Gasteiger partial charge in [0.15, 0.2) is 0 Å². The van der Waals surface area contributed by atoms with E-state index in [1.165, 1.54) is 25.7 Å². The second-order valence-electron chi connectivity index (χ2n) is 3.88. The molecule has 0 aliphatic rings. The fraction of sp³-hybridized carbons (Fsp3) is 1.00. The third-order valence-corrected chi connectivity index (χ3v) is 1.87. The highest BCUT2D eigenvalue weighted by atomic mass is 19.1. The molecule has 0 aliphatic carbocycles. The van der Waals surface area contributed by atoms with Crippen molar-refractivity contribution in [3.8, 4) is 0 Å². The Morgan fingerprint density at radius 3 is 2.00 bits per heavy atom. The van der Waals surface area contributed by atoms with Crippen LogP contribution in [0.5, 0.6) is 0 Å². The van der Waals surface area contributed by atoms with Crippen molar-refractivity contribution in [1.82, 2.24) is 0 Å². The van der Waals surface area contributed by atoms with Crippen molar-refractivity contribution >= 4 is 0 Å². The van der Waals surface area contributed by atoms with Crippen molar-refractivity contribution < 1.29 is 4.39 Å². The summed E-state index contributed by atoms with van der Waals surface area (Å²) in [6.45, 7) is 5.51. The molecule has 0 spiro atoms. The zero-order valence-electron chi connectivity index (χ0n) is 8.12. The smallest absolute Gasteiger partial charge is 0.105 e. The highest BCUT2D eigenvalue weighted by molar-refractivity contribution is 4.64. The lowest BCUT2D eigenvalue weighted by Crippen LogP contribution is -2.10. The van der Waals surface area contributed by atoms with E-state index in [4.69, 9.17) is 0 Å². The number of hydrogen-bond acceptors (Lipinski definition) is 0. The average molecular weight is 160 g/mol. The standard InChI is InChI=1S/C10H21F/c1-4-5-6-7-8-9-10(2,3)11/h4-9H2,1-3H3. The highest BCUT2D eigenvalue weighted by Gasteiger charge is 2.13. The van der Waals surface area contributed by atoms with Crippen LogP contribution in [0.2, 0.25) is 0 Å². The number of unbranched alkanes of at least 4 members (excludes halogenated alkanes) is 4. The molecule has 0 aromatic rings. The second-order valence-corrected chi connectivity index (χ2v) is 3.88. The van der Waals surface area contributed by atoms with Gasteiger partial charge in [0, 0.05) is 0 Å². The fourth-order valence-electron chi connectivity index (χ4n) is 1.15. The van der Waals surface area contributed by atoms with Gasteiger partial charge in [-0.15, -0.1) is 0 Å². The van der Waals surface area contributed by atoms with Crippen LogP contribution in [0, 0.1) is 0 Å². The first-order chi connectivity index (χ1) is 5.06. The molecule has 68 valence electrons. The maximum Gasteiger partial charge on any atom is 0.105 e. The van der Waals surface area contributed by atoms with Crippen LogP contribution in [0.15, 0.2) is 0 Å². The molecule has 0 aliphatic heterocycles. The molecule has 0 aromatic heterocycles. The van der Waals surface area contributed by atoms with Gasteiger partial charge < -0.3 is 0 Å². The van der Waals surface area contributed by atoms with E-state index in [2.05, 4.69) is 6.92 Å². The average Bonchev–Trinajstić information content (AvgIpc) is 1.85. The van der Waals surface area contributed by atoms with Gasteiger partial charge >= 0.3 is 0 Å². The van der Waals surface area contributed by atoms with Crippen LogP contribution >= 0.6 is 0 Å². The van der Waals surface area contributed by atoms with Crippen LogP contribution in [0.3, 0.4) is 0 Å². The molecule has 0 saturated carbocycles. The molecule has 0 bridgehead atoms. The topological polar surface area (TPSA) is 0 Å². The van der Waals surface area contributed by atoms with Gasteiger partial charge in [0.25, 0.3) is 0 Å². The summed E-state index contributed by atoms with van der Waals surface area (Å²) >= 11 is 0. The van der Waals surface area contributed by atoms with Crippen LogP contribution in [-0.2, 0) is 0 Å². The summed E-state index contributed by atoms with van der Waals surface area (Å²) in [5, 5.41) is 0. The third kappa shape index (κ3) is 9.93. The Kier molecular flexibility index (Phi) is 5.53. The SMILES string of the molecule is CCCCCCCC(C)(C)F. The van der Waals surface area contributed by atoms with Gasteiger partial charge in [-0.3, -0.25) is 0 Å². The lowest BCUT2D eigenvalue weighted by atomic mass is 10.0. The number of halogens is 1. The van der Waals surface area contributed by atoms with E-state index in [1.807, 2.05) is 0 Å². The molecule has 0 fully saturated rings. The van der Waals surface area contributed by atoms with Crippen LogP contribution < -0.4 is 0 Å². The monoisotopic (exact) mass is 160 g/mol. The van der Waals surface area contributed by atoms with Gasteiger partial charge in [0.05, 0.1) is 0 Å². The first-order valence-electron chi connectivity index (χ1n) is 4.75. The fourth-order valence-corrected chi connectivity index (χ4v) is 1.15. The summed E-state index contributed by atoms with van der Waals surface area (Å²) < 4.78 is 12.9. The van der Waals surface area contributed by atoms with E-state index in [1.54, 1.807) is 13.8 Å². The summed E-state index contributed by atoms with van der Waals surface area (Å²) in [7, 11) is 0. The van der Waals surface area contributed by atoms with Gasteiger partial charge in [-0.1, -0.05) is 39.0 Å². The molecule has 11 heavy (non-hydrogen) atoms. The number of alkyl halides is 1. The summed E-state index contributed by atoms with van der Waals surface area (Å²) in [6.07, 6.45) is 6.79. The van der Waals surface area contributed by atoms with Crippen molar-refractivity contribution in [3.63, 3.8) is 0 Å². The maximum atomic E-state index is 12.9. The van der Waals surface area contributed by atoms with Gasteiger partial charge in [-0.25, -0.2) is 4.39 Å². The van der Waals surface area contributed by atoms with Crippen LogP contribution in [0.1, 0.15) is 59.3 Å². The van der Waals surface area contributed by atoms with E-state index < -0.39 is 5.67 Å². The molecule has 0 aromatic carbocycles. The van der Waals surface area contributed by atoms with E-state index in [0.717, 1.165) is 12.8 Å². The lowest BCUT2D eigenvalue weighted by molar-refractivity contribution is 0.195. The zero-order valence-corrected chi connectivity index (χ0v) is 8.12. The summed E-state index contributed by atoms with van der Waals surface area (Å²) in [5.74, 6) is 0. The first kappa shape index (κ1) is 10.9. The Morgan fingerprint density at radius 1 is 1.00 bits per heavy atom. The Morgan fingerprint density at radius 2 is 1.55 bits per heavy atom. The summed E-state index contributed by atoms with van der Waals surface area (Å²) in [4.78, 5) is 0. The minimum Gasteiger partial charge on any atom is -0.245 e. The van der Waals surface area contributed by atoms with E-state index >= 15 is 0 Å². The van der Waals surface area contributed by atoms with E-state index in [-0.39, 0.29) is 0 Å². The molecule has 0 amide bonds. The quantitative estimate of drug-likeness (QED) is 0.513. The minimum absolute atomic E-state index is 0.719. The molecule has 0 radical (unpaired) electrons. The van der Waals surface area contributed by atoms with Gasteiger partial charge in [0.2, 0.25) is 0 Å². The van der Waals surface area contributed by atoms with Gasteiger partial charge in [-0.2, -0.15) is 0 Å². The zero-order chi connectivity index (χ0) is 8.74. The largest absolute Gasteiger partial charge is 0.245 e. The predicted octanol–water partition coefficient (Wildman–Crippen LogP) is 4.10. The third-order valence-electron chi connectivity index (χ3n) is 1.87. The maximum absolute atomic E-state index is 12.9. The summed E-state index contributed by atoms with van der Waals surface area (Å²) in [6, 6.07) is 0. The van der Waals surface area contributed by atoms with Crippen molar-refractivity contribution in [3.05, 3.63) is 0 Å². The molecule has 0 rings (SSSR count). The Labute approximate surface area is 70.2 Å². The molecule has 0 N–H and O–H groups in total. The van der Waals surface area contributed by atoms with E-state index in [0.29, 0.717) is 0 Å². The van der Waals surface area contributed by atoms with Crippen molar-refractivity contribution in [2.45, 2.75) is 65.0 Å². The highest BCUT2D eigenvalue weighted by Crippen LogP contribution is 2.18. The molecule has 0 atom stereocenters. The Hall–Kier alpha value is -0.0700. The normalized spacial score (nSPS) is 12.0. The second kappa shape index (κ2) is 5.56. The molecule has 0 heterocycles. The molecule has 0 nitrogen and oxygen atoms in total. The Balaban J connectivity index is 3.02. The van der Waals surface area contributed by atoms with Crippen LogP contribution in [0.4, 0.5) is 4.39 Å². The number of hydrogen-bond donors (Lipinski definition) is 0.